The van der Waals surface area contributed by atoms with Crippen LogP contribution >= 0.6 is 0 Å². The van der Waals surface area contributed by atoms with Crippen LogP contribution in [0.15, 0.2) is 24.3 Å². The topological polar surface area (TPSA) is 49.4 Å². The molecule has 0 saturated carbocycles. The largest absolute Gasteiger partial charge is 0.351 e. The van der Waals surface area contributed by atoms with Crippen molar-refractivity contribution in [1.29, 1.82) is 0 Å². The fraction of sp³-hybridized carbons (Fsp3) is 0.500. The first-order valence-electron chi connectivity index (χ1n) is 7.25. The molecule has 0 radical (unpaired) electrons. The molecule has 21 heavy (non-hydrogen) atoms. The highest BCUT2D eigenvalue weighted by molar-refractivity contribution is 5.85. The van der Waals surface area contributed by atoms with Crippen LogP contribution in [-0.4, -0.2) is 29.8 Å². The lowest BCUT2D eigenvalue weighted by Gasteiger charge is -2.23. The normalized spacial score (nSPS) is 21.4. The van der Waals surface area contributed by atoms with E-state index < -0.39 is 5.41 Å². The van der Waals surface area contributed by atoms with Crippen molar-refractivity contribution in [2.45, 2.75) is 33.2 Å². The van der Waals surface area contributed by atoms with E-state index >= 15 is 0 Å². The van der Waals surface area contributed by atoms with Gasteiger partial charge >= 0.3 is 0 Å². The van der Waals surface area contributed by atoms with Crippen molar-refractivity contribution >= 4 is 11.8 Å². The lowest BCUT2D eigenvalue weighted by atomic mass is 9.88. The van der Waals surface area contributed by atoms with Crippen LogP contribution in [0, 0.1) is 11.2 Å². The maximum Gasteiger partial charge on any atom is 0.228 e. The molecule has 1 saturated heterocycles. The molecule has 1 aromatic carbocycles. The Kier molecular flexibility index (Phi) is 4.60. The van der Waals surface area contributed by atoms with Crippen molar-refractivity contribution in [2.75, 3.05) is 13.1 Å². The van der Waals surface area contributed by atoms with Gasteiger partial charge in [-0.1, -0.05) is 19.1 Å². The summed E-state index contributed by atoms with van der Waals surface area (Å²) in [6.07, 6.45) is 1.14. The second kappa shape index (κ2) is 6.24. The number of hydrogen-bond donors (Lipinski definition) is 1. The van der Waals surface area contributed by atoms with E-state index in [2.05, 4.69) is 5.32 Å². The summed E-state index contributed by atoms with van der Waals surface area (Å²) in [5.41, 5.74) is 0.318. The number of nitrogens with zero attached hydrogens (tertiary/aromatic N) is 1. The number of halogens is 1. The van der Waals surface area contributed by atoms with E-state index in [4.69, 9.17) is 0 Å². The Labute approximate surface area is 124 Å². The van der Waals surface area contributed by atoms with Gasteiger partial charge in [0.1, 0.15) is 5.82 Å². The minimum Gasteiger partial charge on any atom is -0.351 e. The number of carbonyl (C=O) groups is 2. The summed E-state index contributed by atoms with van der Waals surface area (Å²) in [5.74, 6) is -0.259. The van der Waals surface area contributed by atoms with Crippen molar-refractivity contribution in [3.05, 3.63) is 35.6 Å². The zero-order chi connectivity index (χ0) is 15.5. The van der Waals surface area contributed by atoms with Crippen LogP contribution in [0.4, 0.5) is 4.39 Å². The monoisotopic (exact) mass is 292 g/mol. The Morgan fingerprint density at radius 3 is 2.62 bits per heavy atom. The van der Waals surface area contributed by atoms with Gasteiger partial charge in [0.25, 0.3) is 0 Å². The van der Waals surface area contributed by atoms with Gasteiger partial charge in [-0.15, -0.1) is 0 Å². The molecule has 1 aromatic rings. The number of benzene rings is 1. The van der Waals surface area contributed by atoms with Crippen molar-refractivity contribution in [1.82, 2.24) is 10.2 Å². The Bertz CT molecular complexity index is 530. The fourth-order valence-electron chi connectivity index (χ4n) is 2.58. The third-order valence-electron chi connectivity index (χ3n) is 4.04. The van der Waals surface area contributed by atoms with Gasteiger partial charge < -0.3 is 10.2 Å². The highest BCUT2D eigenvalue weighted by Gasteiger charge is 2.41. The first kappa shape index (κ1) is 15.5. The van der Waals surface area contributed by atoms with Crippen molar-refractivity contribution in [3.63, 3.8) is 0 Å². The molecule has 2 rings (SSSR count). The van der Waals surface area contributed by atoms with Crippen LogP contribution in [-0.2, 0) is 16.1 Å². The van der Waals surface area contributed by atoms with E-state index in [1.54, 1.807) is 17.0 Å². The van der Waals surface area contributed by atoms with Gasteiger partial charge in [0, 0.05) is 26.1 Å². The molecule has 1 aliphatic heterocycles. The highest BCUT2D eigenvalue weighted by Crippen LogP contribution is 2.30. The maximum atomic E-state index is 12.8. The van der Waals surface area contributed by atoms with Crippen molar-refractivity contribution < 1.29 is 14.0 Å². The van der Waals surface area contributed by atoms with Gasteiger partial charge in [-0.2, -0.15) is 0 Å². The lowest BCUT2D eigenvalue weighted by Crippen LogP contribution is -2.41. The highest BCUT2D eigenvalue weighted by atomic mass is 19.1. The predicted molar refractivity (Wildman–Crippen MR) is 77.8 cm³/mol. The summed E-state index contributed by atoms with van der Waals surface area (Å²) in [6.45, 7) is 5.18. The van der Waals surface area contributed by atoms with Gasteiger partial charge in [0.05, 0.1) is 5.41 Å². The van der Waals surface area contributed by atoms with Gasteiger partial charge in [0.15, 0.2) is 0 Å². The van der Waals surface area contributed by atoms with Gasteiger partial charge in [-0.25, -0.2) is 4.39 Å². The van der Waals surface area contributed by atoms with E-state index in [0.29, 0.717) is 32.5 Å². The third kappa shape index (κ3) is 3.60. The van der Waals surface area contributed by atoms with Crippen molar-refractivity contribution in [2.24, 2.45) is 5.41 Å². The van der Waals surface area contributed by atoms with E-state index in [1.807, 2.05) is 13.8 Å². The van der Waals surface area contributed by atoms with E-state index in [0.717, 1.165) is 5.56 Å². The molecule has 0 bridgehead atoms. The quantitative estimate of drug-likeness (QED) is 0.924. The molecule has 0 aliphatic carbocycles. The molecule has 1 atom stereocenters. The van der Waals surface area contributed by atoms with Gasteiger partial charge in [0.2, 0.25) is 11.8 Å². The van der Waals surface area contributed by atoms with Gasteiger partial charge in [-0.05, 0) is 31.0 Å². The molecule has 0 aromatic heterocycles. The molecule has 1 fully saturated rings. The average molecular weight is 292 g/mol. The lowest BCUT2D eigenvalue weighted by molar-refractivity contribution is -0.132. The zero-order valence-corrected chi connectivity index (χ0v) is 12.5. The first-order chi connectivity index (χ1) is 9.94. The van der Waals surface area contributed by atoms with Crippen LogP contribution in [0.2, 0.25) is 0 Å². The number of carbonyl (C=O) groups excluding carboxylic acids is 2. The second-order valence-corrected chi connectivity index (χ2v) is 5.79. The summed E-state index contributed by atoms with van der Waals surface area (Å²) in [7, 11) is 0. The molecule has 1 unspecified atom stereocenters. The molecule has 4 nitrogen and oxygen atoms in total. The summed E-state index contributed by atoms with van der Waals surface area (Å²) in [4.78, 5) is 25.8. The predicted octanol–water partition coefficient (Wildman–Crippen LogP) is 2.09. The smallest absolute Gasteiger partial charge is 0.228 e. The SMILES string of the molecule is CCC(=O)N1CCC(C)(C(=O)NCc2ccc(F)cc2)C1. The number of rotatable bonds is 4. The molecule has 2 amide bonds. The Hall–Kier alpha value is -1.91. The van der Waals surface area contributed by atoms with Crippen LogP contribution in [0.5, 0.6) is 0 Å². The summed E-state index contributed by atoms with van der Waals surface area (Å²) >= 11 is 0. The second-order valence-electron chi connectivity index (χ2n) is 5.79. The fourth-order valence-corrected chi connectivity index (χ4v) is 2.58. The molecule has 1 heterocycles. The van der Waals surface area contributed by atoms with Crippen LogP contribution in [0.1, 0.15) is 32.3 Å². The number of hydrogen-bond acceptors (Lipinski definition) is 2. The average Bonchev–Trinajstić information content (AvgIpc) is 2.89. The van der Waals surface area contributed by atoms with E-state index in [1.165, 1.54) is 12.1 Å². The van der Waals surface area contributed by atoms with Gasteiger partial charge in [-0.3, -0.25) is 9.59 Å². The standard InChI is InChI=1S/C16H21FN2O2/c1-3-14(20)19-9-8-16(2,11-19)15(21)18-10-12-4-6-13(17)7-5-12/h4-7H,3,8-11H2,1-2H3,(H,18,21). The molecule has 5 heteroatoms. The first-order valence-corrected chi connectivity index (χ1v) is 7.25. The van der Waals surface area contributed by atoms with Crippen molar-refractivity contribution in [3.8, 4) is 0 Å². The zero-order valence-electron chi connectivity index (χ0n) is 12.5. The number of nitrogens with one attached hydrogen (secondary N) is 1. The summed E-state index contributed by atoms with van der Waals surface area (Å²) < 4.78 is 12.8. The van der Waals surface area contributed by atoms with E-state index in [-0.39, 0.29) is 17.6 Å². The maximum absolute atomic E-state index is 12.8. The molecule has 114 valence electrons. The van der Waals surface area contributed by atoms with Crippen LogP contribution in [0.25, 0.3) is 0 Å². The molecule has 0 spiro atoms. The van der Waals surface area contributed by atoms with Crippen LogP contribution in [0.3, 0.4) is 0 Å². The molecule has 1 aliphatic rings. The Morgan fingerprint density at radius 2 is 2.00 bits per heavy atom. The minimum atomic E-state index is -0.537. The molecular weight excluding hydrogens is 271 g/mol. The van der Waals surface area contributed by atoms with E-state index in [9.17, 15) is 14.0 Å². The summed E-state index contributed by atoms with van der Waals surface area (Å²) in [5, 5.41) is 2.88. The Balaban J connectivity index is 1.91. The molecule has 1 N–H and O–H groups in total. The summed E-state index contributed by atoms with van der Waals surface area (Å²) in [6, 6.07) is 6.06. The minimum absolute atomic E-state index is 0.0572. The molecular formula is C16H21FN2O2. The Morgan fingerprint density at radius 1 is 1.33 bits per heavy atom. The van der Waals surface area contributed by atoms with Crippen LogP contribution < -0.4 is 5.32 Å². The number of amides is 2. The third-order valence-corrected chi connectivity index (χ3v) is 4.04. The number of likely N-dealkylation sites (tertiary alicyclic amines) is 1.